The number of hydrogen-bond donors (Lipinski definition) is 2. The Hall–Kier alpha value is -3.29. The van der Waals surface area contributed by atoms with Crippen molar-refractivity contribution in [1.82, 2.24) is 9.97 Å². The Bertz CT molecular complexity index is 1040. The number of alkyl halides is 1. The Balaban J connectivity index is 1.46. The number of nitrogens with one attached hydrogen (secondary N) is 1. The topological polar surface area (TPSA) is 105 Å². The molecule has 1 aromatic carbocycles. The highest BCUT2D eigenvalue weighted by atomic mass is 19.1. The van der Waals surface area contributed by atoms with E-state index in [1.807, 2.05) is 0 Å². The van der Waals surface area contributed by atoms with Gasteiger partial charge in [-0.1, -0.05) is 0 Å². The summed E-state index contributed by atoms with van der Waals surface area (Å²) in [5, 5.41) is 11.5. The maximum Gasteiger partial charge on any atom is 0.354 e. The third-order valence-electron chi connectivity index (χ3n) is 4.46. The summed E-state index contributed by atoms with van der Waals surface area (Å²) in [6.45, 7) is 0. The summed E-state index contributed by atoms with van der Waals surface area (Å²) in [6, 6.07) is 8.23. The first kappa shape index (κ1) is 17.1. The normalized spacial score (nSPS) is 14.9. The lowest BCUT2D eigenvalue weighted by Gasteiger charge is -2.06. The average molecular weight is 369 g/mol. The van der Waals surface area contributed by atoms with Crippen LogP contribution >= 0.6 is 0 Å². The minimum atomic E-state index is -1.74. The van der Waals surface area contributed by atoms with Crippen molar-refractivity contribution in [2.45, 2.75) is 31.4 Å². The van der Waals surface area contributed by atoms with Gasteiger partial charge in [-0.3, -0.25) is 4.79 Å². The maximum atomic E-state index is 13.7. The smallest absolute Gasteiger partial charge is 0.354 e. The highest BCUT2D eigenvalue weighted by molar-refractivity contribution is 6.00. The van der Waals surface area contributed by atoms with Gasteiger partial charge in [0, 0.05) is 24.4 Å². The van der Waals surface area contributed by atoms with E-state index in [1.54, 1.807) is 24.3 Å². The van der Waals surface area contributed by atoms with Gasteiger partial charge in [0.2, 0.25) is 0 Å². The van der Waals surface area contributed by atoms with Gasteiger partial charge >= 0.3 is 5.97 Å². The average Bonchev–Trinajstić information content (AvgIpc) is 3.27. The van der Waals surface area contributed by atoms with Crippen LogP contribution in [0.5, 0.6) is 0 Å². The number of aromatic carboxylic acids is 1. The van der Waals surface area contributed by atoms with Crippen LogP contribution in [0.1, 0.15) is 34.8 Å². The van der Waals surface area contributed by atoms with E-state index < -0.39 is 17.5 Å². The number of oxazole rings is 1. The van der Waals surface area contributed by atoms with Crippen molar-refractivity contribution in [3.63, 3.8) is 0 Å². The van der Waals surface area contributed by atoms with Gasteiger partial charge in [-0.15, -0.1) is 0 Å². The molecule has 8 heteroatoms. The second-order valence-electron chi connectivity index (χ2n) is 6.56. The first-order valence-electron chi connectivity index (χ1n) is 8.51. The Morgan fingerprint density at radius 3 is 2.78 bits per heavy atom. The van der Waals surface area contributed by atoms with Crippen LogP contribution in [0.4, 0.5) is 10.1 Å². The van der Waals surface area contributed by atoms with Crippen molar-refractivity contribution in [2.75, 3.05) is 5.32 Å². The molecule has 4 rings (SSSR count). The van der Waals surface area contributed by atoms with E-state index in [9.17, 15) is 14.0 Å². The highest BCUT2D eigenvalue weighted by Gasteiger charge is 2.50. The number of hydrogen-bond acceptors (Lipinski definition) is 5. The van der Waals surface area contributed by atoms with Crippen LogP contribution in [-0.4, -0.2) is 32.6 Å². The summed E-state index contributed by atoms with van der Waals surface area (Å²) < 4.78 is 19.5. The molecule has 27 heavy (non-hydrogen) atoms. The number of carbonyl (C=O) groups is 2. The second kappa shape index (κ2) is 6.46. The maximum absolute atomic E-state index is 13.7. The van der Waals surface area contributed by atoms with E-state index in [4.69, 9.17) is 9.52 Å². The summed E-state index contributed by atoms with van der Waals surface area (Å²) in [7, 11) is 0. The lowest BCUT2D eigenvalue weighted by Crippen LogP contribution is -2.25. The van der Waals surface area contributed by atoms with Crippen LogP contribution in [0.15, 0.2) is 40.9 Å². The molecule has 138 valence electrons. The number of benzene rings is 1. The first-order valence-corrected chi connectivity index (χ1v) is 8.51. The monoisotopic (exact) mass is 369 g/mol. The number of rotatable bonds is 6. The van der Waals surface area contributed by atoms with Gasteiger partial charge in [0.1, 0.15) is 11.2 Å². The van der Waals surface area contributed by atoms with Gasteiger partial charge in [0.05, 0.1) is 0 Å². The summed E-state index contributed by atoms with van der Waals surface area (Å²) in [6.07, 6.45) is 2.99. The third-order valence-corrected chi connectivity index (χ3v) is 4.46. The number of carboxylic acid groups (broad SMARTS) is 1. The SMILES string of the molecule is O=C(O)c1cc(CCc2nc3ccc(NC(=O)C4(F)CC4)cc3o2)ccn1. The number of aromatic nitrogens is 2. The number of pyridine rings is 1. The molecule has 0 radical (unpaired) electrons. The molecule has 0 atom stereocenters. The van der Waals surface area contributed by atoms with E-state index in [1.165, 1.54) is 12.3 Å². The van der Waals surface area contributed by atoms with Gasteiger partial charge in [-0.2, -0.15) is 0 Å². The highest BCUT2D eigenvalue weighted by Crippen LogP contribution is 2.40. The number of carbonyl (C=O) groups excluding carboxylic acids is 1. The van der Waals surface area contributed by atoms with Crippen molar-refractivity contribution in [3.05, 3.63) is 53.7 Å². The molecule has 7 nitrogen and oxygen atoms in total. The molecule has 0 bridgehead atoms. The Morgan fingerprint density at radius 2 is 2.04 bits per heavy atom. The molecule has 1 saturated carbocycles. The minimum Gasteiger partial charge on any atom is -0.477 e. The molecule has 2 aromatic heterocycles. The number of halogens is 1. The summed E-state index contributed by atoms with van der Waals surface area (Å²) in [5.41, 5.74) is 0.653. The standard InChI is InChI=1S/C19H16FN3O4/c20-19(6-7-19)18(26)22-12-2-3-13-15(10-12)27-16(23-13)4-1-11-5-8-21-14(9-11)17(24)25/h2-3,5,8-10H,1,4,6-7H2,(H,22,26)(H,24,25). The predicted octanol–water partition coefficient (Wildman–Crippen LogP) is 3.15. The molecule has 0 spiro atoms. The van der Waals surface area contributed by atoms with Crippen LogP contribution in [0.2, 0.25) is 0 Å². The molecular weight excluding hydrogens is 353 g/mol. The van der Waals surface area contributed by atoms with E-state index in [0.717, 1.165) is 5.56 Å². The number of nitrogens with zero attached hydrogens (tertiary/aromatic N) is 2. The summed E-state index contributed by atoms with van der Waals surface area (Å²) in [4.78, 5) is 30.9. The zero-order valence-electron chi connectivity index (χ0n) is 14.2. The van der Waals surface area contributed by atoms with Crippen molar-refractivity contribution in [2.24, 2.45) is 0 Å². The Morgan fingerprint density at radius 1 is 1.22 bits per heavy atom. The molecule has 0 saturated heterocycles. The predicted molar refractivity (Wildman–Crippen MR) is 94.3 cm³/mol. The zero-order chi connectivity index (χ0) is 19.0. The number of anilines is 1. The third kappa shape index (κ3) is 3.64. The molecule has 1 fully saturated rings. The van der Waals surface area contributed by atoms with Crippen molar-refractivity contribution in [3.8, 4) is 0 Å². The van der Waals surface area contributed by atoms with Gasteiger partial charge in [0.25, 0.3) is 5.91 Å². The molecule has 2 N–H and O–H groups in total. The molecule has 1 amide bonds. The number of aryl methyl sites for hydroxylation is 2. The lowest BCUT2D eigenvalue weighted by molar-refractivity contribution is -0.122. The second-order valence-corrected chi connectivity index (χ2v) is 6.56. The van der Waals surface area contributed by atoms with Crippen molar-refractivity contribution < 1.29 is 23.5 Å². The minimum absolute atomic E-state index is 0.00764. The van der Waals surface area contributed by atoms with Gasteiger partial charge < -0.3 is 14.8 Å². The van der Waals surface area contributed by atoms with Crippen molar-refractivity contribution >= 4 is 28.7 Å². The first-order chi connectivity index (χ1) is 12.9. The van der Waals surface area contributed by atoms with Crippen LogP contribution in [-0.2, 0) is 17.6 Å². The fraction of sp³-hybridized carbons (Fsp3) is 0.263. The van der Waals surface area contributed by atoms with Crippen LogP contribution < -0.4 is 5.32 Å². The lowest BCUT2D eigenvalue weighted by atomic mass is 10.1. The Labute approximate surface area is 153 Å². The molecule has 1 aliphatic rings. The molecule has 0 aliphatic heterocycles. The van der Waals surface area contributed by atoms with E-state index >= 15 is 0 Å². The molecule has 2 heterocycles. The van der Waals surface area contributed by atoms with Crippen molar-refractivity contribution in [1.29, 1.82) is 0 Å². The molecule has 1 aliphatic carbocycles. The Kier molecular flexibility index (Phi) is 4.10. The zero-order valence-corrected chi connectivity index (χ0v) is 14.2. The largest absolute Gasteiger partial charge is 0.477 e. The quantitative estimate of drug-likeness (QED) is 0.691. The summed E-state index contributed by atoms with van der Waals surface area (Å²) in [5.74, 6) is -1.21. The fourth-order valence-corrected chi connectivity index (χ4v) is 2.73. The van der Waals surface area contributed by atoms with Gasteiger partial charge in [-0.25, -0.2) is 19.2 Å². The summed E-state index contributed by atoms with van der Waals surface area (Å²) >= 11 is 0. The number of carboxylic acids is 1. The number of amides is 1. The van der Waals surface area contributed by atoms with Crippen LogP contribution in [0, 0.1) is 0 Å². The fourth-order valence-electron chi connectivity index (χ4n) is 2.73. The van der Waals surface area contributed by atoms with E-state index in [-0.39, 0.29) is 18.5 Å². The van der Waals surface area contributed by atoms with Crippen LogP contribution in [0.25, 0.3) is 11.1 Å². The van der Waals surface area contributed by atoms with Gasteiger partial charge in [-0.05, 0) is 49.1 Å². The molecule has 0 unspecified atom stereocenters. The van der Waals surface area contributed by atoms with Crippen LogP contribution in [0.3, 0.4) is 0 Å². The van der Waals surface area contributed by atoms with E-state index in [0.29, 0.717) is 35.5 Å². The molecular formula is C19H16FN3O4. The number of fused-ring (bicyclic) bond motifs is 1. The molecule has 3 aromatic rings. The van der Waals surface area contributed by atoms with Gasteiger partial charge in [0.15, 0.2) is 17.1 Å². The van der Waals surface area contributed by atoms with E-state index in [2.05, 4.69) is 15.3 Å².